The summed E-state index contributed by atoms with van der Waals surface area (Å²) in [5, 5.41) is 12.0. The molecule has 3 nitrogen and oxygen atoms in total. The average Bonchev–Trinajstić information content (AvgIpc) is 3.05. The molecule has 1 unspecified atom stereocenters. The number of hydrogen-bond acceptors (Lipinski definition) is 2. The Hall–Kier alpha value is -2.08. The van der Waals surface area contributed by atoms with E-state index in [9.17, 15) is 10.1 Å². The lowest BCUT2D eigenvalue weighted by Gasteiger charge is -2.13. The van der Waals surface area contributed by atoms with Gasteiger partial charge in [-0.15, -0.1) is 0 Å². The topological polar surface area (TPSA) is 52.9 Å². The summed E-state index contributed by atoms with van der Waals surface area (Å²) in [5.41, 5.74) is 0.692. The van der Waals surface area contributed by atoms with Gasteiger partial charge in [-0.3, -0.25) is 4.79 Å². The molecule has 0 saturated heterocycles. The fourth-order valence-corrected chi connectivity index (χ4v) is 1.82. The van der Waals surface area contributed by atoms with Crippen molar-refractivity contribution in [2.75, 3.05) is 0 Å². The van der Waals surface area contributed by atoms with Crippen LogP contribution in [0.15, 0.2) is 36.4 Å². The summed E-state index contributed by atoms with van der Waals surface area (Å²) < 4.78 is 0. The fourth-order valence-electron chi connectivity index (χ4n) is 1.82. The van der Waals surface area contributed by atoms with E-state index in [2.05, 4.69) is 11.4 Å². The predicted octanol–water partition coefficient (Wildman–Crippen LogP) is 2.12. The minimum Gasteiger partial charge on any atom is -0.352 e. The fraction of sp³-hybridized carbons (Fsp3) is 0.286. The first-order valence-electron chi connectivity index (χ1n) is 5.61. The van der Waals surface area contributed by atoms with E-state index in [1.54, 1.807) is 6.08 Å². The molecule has 1 N–H and O–H groups in total. The van der Waals surface area contributed by atoms with Crippen LogP contribution in [0.25, 0.3) is 5.57 Å². The molecule has 1 aromatic rings. The normalized spacial score (nSPS) is 21.6. The molecule has 2 rings (SSSR count). The van der Waals surface area contributed by atoms with Crippen LogP contribution in [0.3, 0.4) is 0 Å². The number of carbonyl (C=O) groups excluding carboxylic acids is 1. The van der Waals surface area contributed by atoms with Crippen LogP contribution in [0.4, 0.5) is 0 Å². The Morgan fingerprint density at radius 1 is 1.35 bits per heavy atom. The van der Waals surface area contributed by atoms with Crippen LogP contribution in [0.5, 0.6) is 0 Å². The highest BCUT2D eigenvalue weighted by Crippen LogP contribution is 2.50. The summed E-state index contributed by atoms with van der Waals surface area (Å²) >= 11 is 0. The van der Waals surface area contributed by atoms with Crippen LogP contribution in [0.2, 0.25) is 0 Å². The van der Waals surface area contributed by atoms with Gasteiger partial charge < -0.3 is 5.32 Å². The molecular weight excluding hydrogens is 212 g/mol. The second kappa shape index (κ2) is 4.06. The maximum absolute atomic E-state index is 12.0. The summed E-state index contributed by atoms with van der Waals surface area (Å²) in [5.74, 6) is -0.228. The molecule has 1 amide bonds. The first-order chi connectivity index (χ1) is 8.10. The number of carbonyl (C=O) groups is 1. The van der Waals surface area contributed by atoms with Crippen LogP contribution < -0.4 is 5.32 Å². The van der Waals surface area contributed by atoms with E-state index in [0.717, 1.165) is 11.1 Å². The Morgan fingerprint density at radius 3 is 2.53 bits per heavy atom. The van der Waals surface area contributed by atoms with Gasteiger partial charge in [0, 0.05) is 6.04 Å². The minimum atomic E-state index is -1.05. The van der Waals surface area contributed by atoms with E-state index in [4.69, 9.17) is 0 Å². The SMILES string of the molecule is CC(C)NC(=O)C1(C#N)C=C1c1ccccc1. The van der Waals surface area contributed by atoms with Gasteiger partial charge in [-0.1, -0.05) is 30.3 Å². The Bertz CT molecular complexity index is 511. The maximum atomic E-state index is 12.0. The van der Waals surface area contributed by atoms with Crippen molar-refractivity contribution in [3.8, 4) is 6.07 Å². The standard InChI is InChI=1S/C14H14N2O/c1-10(2)16-13(17)14(9-15)8-12(14)11-6-4-3-5-7-11/h3-8,10H,1-2H3,(H,16,17). The van der Waals surface area contributed by atoms with Crippen LogP contribution in [0.1, 0.15) is 19.4 Å². The summed E-state index contributed by atoms with van der Waals surface area (Å²) in [7, 11) is 0. The predicted molar refractivity (Wildman–Crippen MR) is 65.7 cm³/mol. The summed E-state index contributed by atoms with van der Waals surface area (Å²) in [6, 6.07) is 11.7. The molecule has 1 aromatic carbocycles. The summed E-state index contributed by atoms with van der Waals surface area (Å²) in [4.78, 5) is 12.0. The van der Waals surface area contributed by atoms with Gasteiger partial charge in [0.15, 0.2) is 5.41 Å². The third kappa shape index (κ3) is 1.94. The highest BCUT2D eigenvalue weighted by Gasteiger charge is 2.52. The molecule has 17 heavy (non-hydrogen) atoms. The van der Waals surface area contributed by atoms with Gasteiger partial charge in [-0.05, 0) is 31.1 Å². The van der Waals surface area contributed by atoms with E-state index < -0.39 is 5.41 Å². The number of nitrogens with zero attached hydrogens (tertiary/aromatic N) is 1. The molecule has 1 aliphatic rings. The largest absolute Gasteiger partial charge is 0.352 e. The van der Waals surface area contributed by atoms with Gasteiger partial charge in [-0.25, -0.2) is 0 Å². The Labute approximate surface area is 101 Å². The quantitative estimate of drug-likeness (QED) is 0.858. The van der Waals surface area contributed by atoms with Gasteiger partial charge in [0.2, 0.25) is 5.91 Å². The third-order valence-electron chi connectivity index (χ3n) is 2.74. The van der Waals surface area contributed by atoms with Gasteiger partial charge in [0.25, 0.3) is 0 Å². The van der Waals surface area contributed by atoms with E-state index >= 15 is 0 Å². The van der Waals surface area contributed by atoms with E-state index in [-0.39, 0.29) is 11.9 Å². The number of amides is 1. The number of rotatable bonds is 3. The van der Waals surface area contributed by atoms with Crippen molar-refractivity contribution in [3.63, 3.8) is 0 Å². The van der Waals surface area contributed by atoms with Gasteiger partial charge in [-0.2, -0.15) is 5.26 Å². The van der Waals surface area contributed by atoms with Crippen molar-refractivity contribution in [2.24, 2.45) is 5.41 Å². The monoisotopic (exact) mass is 226 g/mol. The molecule has 0 aliphatic heterocycles. The lowest BCUT2D eigenvalue weighted by atomic mass is 9.96. The molecule has 0 radical (unpaired) electrons. The van der Waals surface area contributed by atoms with Crippen molar-refractivity contribution in [2.45, 2.75) is 19.9 Å². The summed E-state index contributed by atoms with van der Waals surface area (Å²) in [6.07, 6.45) is 1.72. The molecule has 1 aliphatic carbocycles. The summed E-state index contributed by atoms with van der Waals surface area (Å²) in [6.45, 7) is 3.76. The second-order valence-electron chi connectivity index (χ2n) is 4.47. The van der Waals surface area contributed by atoms with Crippen LogP contribution in [-0.4, -0.2) is 11.9 Å². The number of hydrogen-bond donors (Lipinski definition) is 1. The molecule has 0 heterocycles. The minimum absolute atomic E-state index is 0.0405. The van der Waals surface area contributed by atoms with Gasteiger partial charge in [0.1, 0.15) is 0 Å². The zero-order valence-corrected chi connectivity index (χ0v) is 9.90. The molecular formula is C14H14N2O. The van der Waals surface area contributed by atoms with Crippen LogP contribution in [-0.2, 0) is 4.79 Å². The zero-order valence-electron chi connectivity index (χ0n) is 9.90. The zero-order chi connectivity index (χ0) is 12.5. The number of nitrogens with one attached hydrogen (secondary N) is 1. The average molecular weight is 226 g/mol. The Kier molecular flexibility index (Phi) is 2.72. The van der Waals surface area contributed by atoms with Gasteiger partial charge in [0.05, 0.1) is 6.07 Å². The smallest absolute Gasteiger partial charge is 0.249 e. The maximum Gasteiger partial charge on any atom is 0.249 e. The molecule has 1 atom stereocenters. The first kappa shape index (κ1) is 11.4. The molecule has 0 saturated carbocycles. The second-order valence-corrected chi connectivity index (χ2v) is 4.47. The van der Waals surface area contributed by atoms with E-state index in [0.29, 0.717) is 0 Å². The van der Waals surface area contributed by atoms with Crippen molar-refractivity contribution >= 4 is 11.5 Å². The Morgan fingerprint density at radius 2 is 2.00 bits per heavy atom. The number of nitriles is 1. The van der Waals surface area contributed by atoms with Crippen LogP contribution >= 0.6 is 0 Å². The van der Waals surface area contributed by atoms with Crippen molar-refractivity contribution in [1.82, 2.24) is 5.32 Å². The molecule has 86 valence electrons. The molecule has 0 fully saturated rings. The molecule has 3 heteroatoms. The lowest BCUT2D eigenvalue weighted by molar-refractivity contribution is -0.123. The highest BCUT2D eigenvalue weighted by atomic mass is 16.2. The first-order valence-corrected chi connectivity index (χ1v) is 5.61. The van der Waals surface area contributed by atoms with Gasteiger partial charge >= 0.3 is 0 Å². The van der Waals surface area contributed by atoms with Crippen molar-refractivity contribution < 1.29 is 4.79 Å². The van der Waals surface area contributed by atoms with Crippen molar-refractivity contribution in [1.29, 1.82) is 5.26 Å². The number of benzene rings is 1. The Balaban J connectivity index is 2.19. The lowest BCUT2D eigenvalue weighted by Crippen LogP contribution is -2.37. The highest BCUT2D eigenvalue weighted by molar-refractivity contribution is 6.11. The van der Waals surface area contributed by atoms with E-state index in [1.807, 2.05) is 44.2 Å². The molecule has 0 bridgehead atoms. The van der Waals surface area contributed by atoms with E-state index in [1.165, 1.54) is 0 Å². The third-order valence-corrected chi connectivity index (χ3v) is 2.74. The van der Waals surface area contributed by atoms with Crippen LogP contribution in [0, 0.1) is 16.7 Å². The molecule has 0 spiro atoms. The van der Waals surface area contributed by atoms with Crippen molar-refractivity contribution in [3.05, 3.63) is 42.0 Å². The molecule has 0 aromatic heterocycles.